The number of hydrogen-bond donors (Lipinski definition) is 3. The zero-order chi connectivity index (χ0) is 45.7. The summed E-state index contributed by atoms with van der Waals surface area (Å²) in [5.41, 5.74) is 2.40. The van der Waals surface area contributed by atoms with Crippen LogP contribution in [0.4, 0.5) is 21.8 Å². The van der Waals surface area contributed by atoms with E-state index < -0.39 is 11.9 Å². The van der Waals surface area contributed by atoms with Crippen molar-refractivity contribution < 1.29 is 33.0 Å². The first kappa shape index (κ1) is 44.5. The van der Waals surface area contributed by atoms with E-state index in [1.807, 2.05) is 32.0 Å². The van der Waals surface area contributed by atoms with Gasteiger partial charge in [-0.2, -0.15) is 4.98 Å². The minimum atomic E-state index is -0.774. The van der Waals surface area contributed by atoms with E-state index in [2.05, 4.69) is 37.7 Å². The number of fused-ring (bicyclic) bond motifs is 2. The Morgan fingerprint density at radius 1 is 1.00 bits per heavy atom. The number of nitrogens with zero attached hydrogens (tertiary/aromatic N) is 6. The van der Waals surface area contributed by atoms with Gasteiger partial charge in [-0.3, -0.25) is 34.2 Å². The molecule has 1 saturated carbocycles. The number of likely N-dealkylation sites (N-methyl/N-ethyl adjacent to an activating group) is 1. The summed E-state index contributed by atoms with van der Waals surface area (Å²) in [6.45, 7) is 8.13. The van der Waals surface area contributed by atoms with E-state index in [1.54, 1.807) is 29.0 Å². The standard InChI is InChI=1S/C47H55ClFN9O7/c1-25(2)58-37-8-5-29(18-28(37)19-39(46(58)63)64-24-41(60)50-4)52-43-36(48)22-51-47(54-43)55-14-12-31(13-15-55)65-32-20-30(21-32)56-16-11-27(17-26(56)3)33-6-7-34-35(42(33)49)23-57(45(34)62)38-9-10-40(59)53-44(38)61/h5-8,18-19,22,25-27,30-32,38H,9-17,20-21,23-24H2,1-4H3,(H,50,60)(H,51,52,54)(H,53,59,61)/t26-,27-,30-,32-,38-/m0/s1. The number of pyridine rings is 1. The van der Waals surface area contributed by atoms with Crippen molar-refractivity contribution in [3.8, 4) is 5.75 Å². The van der Waals surface area contributed by atoms with Crippen molar-refractivity contribution in [2.45, 2.75) is 121 Å². The van der Waals surface area contributed by atoms with E-state index in [0.29, 0.717) is 45.2 Å². The number of likely N-dealkylation sites (tertiary alicyclic amines) is 1. The topological polar surface area (TPSA) is 180 Å². The smallest absolute Gasteiger partial charge is 0.293 e. The fourth-order valence-electron chi connectivity index (χ4n) is 10.3. The lowest BCUT2D eigenvalue weighted by Gasteiger charge is -2.49. The van der Waals surface area contributed by atoms with Crippen molar-refractivity contribution in [1.29, 1.82) is 0 Å². The zero-order valence-corrected chi connectivity index (χ0v) is 37.8. The second kappa shape index (κ2) is 18.3. The van der Waals surface area contributed by atoms with E-state index >= 15 is 4.39 Å². The molecular weight excluding hydrogens is 857 g/mol. The predicted octanol–water partition coefficient (Wildman–Crippen LogP) is 5.58. The summed E-state index contributed by atoms with van der Waals surface area (Å²) >= 11 is 6.60. The molecule has 9 rings (SSSR count). The molecular formula is C47H55ClFN9O7. The molecule has 4 aromatic rings. The quantitative estimate of drug-likeness (QED) is 0.151. The first-order chi connectivity index (χ1) is 31.3. The van der Waals surface area contributed by atoms with Crippen LogP contribution < -0.4 is 31.1 Å². The van der Waals surface area contributed by atoms with Crippen LogP contribution in [0.2, 0.25) is 5.02 Å². The maximum Gasteiger partial charge on any atom is 0.293 e. The largest absolute Gasteiger partial charge is 0.478 e. The van der Waals surface area contributed by atoms with E-state index in [-0.39, 0.29) is 91.1 Å². The van der Waals surface area contributed by atoms with Crippen molar-refractivity contribution in [2.75, 3.05) is 43.5 Å². The summed E-state index contributed by atoms with van der Waals surface area (Å²) in [5.74, 6) is -0.764. The summed E-state index contributed by atoms with van der Waals surface area (Å²) in [5, 5.41) is 9.24. The zero-order valence-electron chi connectivity index (χ0n) is 37.1. The lowest BCUT2D eigenvalue weighted by Crippen LogP contribution is -2.55. The highest BCUT2D eigenvalue weighted by Crippen LogP contribution is 2.41. The van der Waals surface area contributed by atoms with Gasteiger partial charge in [0.05, 0.1) is 30.5 Å². The molecule has 2 aromatic heterocycles. The number of halogens is 2. The number of ether oxygens (including phenoxy) is 2. The van der Waals surface area contributed by atoms with Gasteiger partial charge in [0.15, 0.2) is 18.2 Å². The van der Waals surface area contributed by atoms with Crippen LogP contribution >= 0.6 is 11.6 Å². The molecule has 0 bridgehead atoms. The molecule has 0 unspecified atom stereocenters. The van der Waals surface area contributed by atoms with Gasteiger partial charge >= 0.3 is 0 Å². The number of piperidine rings is 3. The van der Waals surface area contributed by atoms with Crippen LogP contribution in [0.15, 0.2) is 47.4 Å². The van der Waals surface area contributed by atoms with Gasteiger partial charge < -0.3 is 34.5 Å². The number of hydrogen-bond acceptors (Lipinski definition) is 12. The lowest BCUT2D eigenvalue weighted by atomic mass is 9.80. The van der Waals surface area contributed by atoms with Crippen molar-refractivity contribution in [3.05, 3.63) is 80.5 Å². The van der Waals surface area contributed by atoms with Crippen LogP contribution in [0.25, 0.3) is 10.9 Å². The third-order valence-electron chi connectivity index (χ3n) is 13.8. The normalized spacial score (nSPS) is 24.0. The second-order valence-electron chi connectivity index (χ2n) is 18.3. The van der Waals surface area contributed by atoms with Crippen LogP contribution in [-0.2, 0) is 25.7 Å². The summed E-state index contributed by atoms with van der Waals surface area (Å²) in [7, 11) is 1.51. The average molecular weight is 912 g/mol. The summed E-state index contributed by atoms with van der Waals surface area (Å²) in [6, 6.07) is 10.5. The molecule has 2 aromatic carbocycles. The average Bonchev–Trinajstić information content (AvgIpc) is 3.61. The Hall–Kier alpha value is -5.65. The number of anilines is 3. The number of rotatable bonds is 12. The van der Waals surface area contributed by atoms with E-state index in [9.17, 15) is 24.0 Å². The fourth-order valence-corrected chi connectivity index (χ4v) is 10.4. The SMILES string of the molecule is CNC(=O)COc1cc2cc(Nc3nc(N4CCC(O[C@H]5C[C@H](N6CC[C@H](c7ccc8c(c7F)CN([C@H]7CCC(=O)NC7=O)C8=O)C[C@@H]6C)C5)CC4)ncc3Cl)ccc2n(C(C)C)c1=O. The van der Waals surface area contributed by atoms with Gasteiger partial charge in [-0.15, -0.1) is 0 Å². The van der Waals surface area contributed by atoms with Gasteiger partial charge in [-0.1, -0.05) is 17.7 Å². The monoisotopic (exact) mass is 911 g/mol. The summed E-state index contributed by atoms with van der Waals surface area (Å²) in [4.78, 5) is 77.9. The molecule has 4 fully saturated rings. The number of nitrogens with one attached hydrogen (secondary N) is 3. The van der Waals surface area contributed by atoms with Gasteiger partial charge in [-0.25, -0.2) is 9.37 Å². The highest BCUT2D eigenvalue weighted by atomic mass is 35.5. The molecule has 4 amide bonds. The Labute approximate surface area is 381 Å². The van der Waals surface area contributed by atoms with Crippen molar-refractivity contribution >= 4 is 63.6 Å². The number of aromatic nitrogens is 3. The first-order valence-corrected chi connectivity index (χ1v) is 23.1. The molecule has 3 N–H and O–H groups in total. The van der Waals surface area contributed by atoms with Crippen molar-refractivity contribution in [1.82, 2.24) is 35.0 Å². The van der Waals surface area contributed by atoms with Crippen LogP contribution in [-0.4, -0.2) is 112 Å². The van der Waals surface area contributed by atoms with E-state index in [0.717, 1.165) is 69.1 Å². The van der Waals surface area contributed by atoms with Crippen LogP contribution in [0, 0.1) is 5.82 Å². The Bertz CT molecular complexity index is 2590. The van der Waals surface area contributed by atoms with Gasteiger partial charge in [0, 0.05) is 66.9 Å². The van der Waals surface area contributed by atoms with Crippen LogP contribution in [0.5, 0.6) is 5.75 Å². The molecule has 3 saturated heterocycles. The molecule has 0 radical (unpaired) electrons. The number of amides is 4. The Balaban J connectivity index is 0.757. The molecule has 6 heterocycles. The third-order valence-corrected chi connectivity index (χ3v) is 14.1. The number of carbonyl (C=O) groups is 4. The van der Waals surface area contributed by atoms with E-state index in [4.69, 9.17) is 26.1 Å². The first-order valence-electron chi connectivity index (χ1n) is 22.7. The second-order valence-corrected chi connectivity index (χ2v) is 18.7. The third kappa shape index (κ3) is 8.89. The van der Waals surface area contributed by atoms with Crippen LogP contribution in [0.3, 0.4) is 0 Å². The van der Waals surface area contributed by atoms with Gasteiger partial charge in [-0.05, 0) is 114 Å². The van der Waals surface area contributed by atoms with Crippen molar-refractivity contribution in [3.63, 3.8) is 0 Å². The molecule has 5 aliphatic rings. The fraction of sp³-hybridized carbons (Fsp3) is 0.511. The molecule has 65 heavy (non-hydrogen) atoms. The molecule has 4 aliphatic heterocycles. The van der Waals surface area contributed by atoms with Gasteiger partial charge in [0.2, 0.25) is 17.8 Å². The highest BCUT2D eigenvalue weighted by Gasteiger charge is 2.43. The maximum atomic E-state index is 16.1. The molecule has 344 valence electrons. The predicted molar refractivity (Wildman–Crippen MR) is 242 cm³/mol. The van der Waals surface area contributed by atoms with Crippen molar-refractivity contribution in [2.24, 2.45) is 0 Å². The van der Waals surface area contributed by atoms with Crippen LogP contribution in [0.1, 0.15) is 106 Å². The van der Waals surface area contributed by atoms with Gasteiger partial charge in [0.25, 0.3) is 17.4 Å². The van der Waals surface area contributed by atoms with E-state index in [1.165, 1.54) is 11.9 Å². The molecule has 0 spiro atoms. The lowest BCUT2D eigenvalue weighted by molar-refractivity contribution is -0.137. The Morgan fingerprint density at radius 3 is 2.51 bits per heavy atom. The molecule has 16 nitrogen and oxygen atoms in total. The molecule has 18 heteroatoms. The minimum absolute atomic E-state index is 0.0300. The maximum absolute atomic E-state index is 16.1. The summed E-state index contributed by atoms with van der Waals surface area (Å²) in [6.07, 6.45) is 7.56. The minimum Gasteiger partial charge on any atom is -0.478 e. The number of carbonyl (C=O) groups excluding carboxylic acids is 4. The number of imide groups is 1. The highest BCUT2D eigenvalue weighted by molar-refractivity contribution is 6.33. The number of benzene rings is 2. The summed E-state index contributed by atoms with van der Waals surface area (Å²) < 4.78 is 30.0. The molecule has 3 atom stereocenters. The molecule has 1 aliphatic carbocycles. The Kier molecular flexibility index (Phi) is 12.6. The Morgan fingerprint density at radius 2 is 1.78 bits per heavy atom. The van der Waals surface area contributed by atoms with Gasteiger partial charge in [0.1, 0.15) is 16.9 Å².